The predicted octanol–water partition coefficient (Wildman–Crippen LogP) is 12.4. The van der Waals surface area contributed by atoms with Crippen LogP contribution in [0.25, 0.3) is 44.5 Å². The first-order valence-corrected chi connectivity index (χ1v) is 30.0. The van der Waals surface area contributed by atoms with Gasteiger partial charge in [0.05, 0.1) is 0 Å². The summed E-state index contributed by atoms with van der Waals surface area (Å²) in [5.74, 6) is -2.46. The van der Waals surface area contributed by atoms with E-state index in [0.717, 1.165) is 94.6 Å². The van der Waals surface area contributed by atoms with Crippen molar-refractivity contribution >= 4 is 29.8 Å². The molecule has 0 radical (unpaired) electrons. The van der Waals surface area contributed by atoms with E-state index in [1.165, 1.54) is 0 Å². The number of amides is 4. The van der Waals surface area contributed by atoms with E-state index in [1.807, 2.05) is 245 Å². The van der Waals surface area contributed by atoms with Crippen molar-refractivity contribution in [3.05, 3.63) is 275 Å². The zero-order valence-corrected chi connectivity index (χ0v) is 49.1. The minimum absolute atomic E-state index is 0.00346. The minimum Gasteiger partial charge on any atom is -0.458 e. The number of esters is 1. The van der Waals surface area contributed by atoms with E-state index in [2.05, 4.69) is 21.3 Å². The summed E-state index contributed by atoms with van der Waals surface area (Å²) in [7, 11) is 0. The lowest BCUT2D eigenvalue weighted by Crippen LogP contribution is -2.74. The second-order valence-electron chi connectivity index (χ2n) is 25.1. The van der Waals surface area contributed by atoms with E-state index >= 15 is 19.2 Å². The van der Waals surface area contributed by atoms with Crippen LogP contribution in [0, 0.1) is 0 Å². The molecule has 0 saturated carbocycles. The van der Waals surface area contributed by atoms with Gasteiger partial charge in [-0.3, -0.25) is 14.4 Å². The van der Waals surface area contributed by atoms with E-state index in [0.29, 0.717) is 0 Å². The van der Waals surface area contributed by atoms with Gasteiger partial charge in [-0.15, -0.1) is 0 Å². The number of rotatable bonds is 10. The Kier molecular flexibility index (Phi) is 14.6. The Morgan fingerprint density at radius 2 is 0.552 bits per heavy atom. The summed E-state index contributed by atoms with van der Waals surface area (Å²) >= 11 is 0. The molecule has 0 aromatic heterocycles. The third kappa shape index (κ3) is 10.9. The van der Waals surface area contributed by atoms with Gasteiger partial charge in [0.25, 0.3) is 0 Å². The molecule has 11 nitrogen and oxygen atoms in total. The van der Waals surface area contributed by atoms with Gasteiger partial charge in [-0.2, -0.15) is 0 Å². The van der Waals surface area contributed by atoms with E-state index in [-0.39, 0.29) is 58.0 Å². The maximum atomic E-state index is 17.2. The Hall–Kier alpha value is -9.87. The van der Waals surface area contributed by atoms with Gasteiger partial charge in [0.1, 0.15) is 34.4 Å². The Morgan fingerprint density at radius 1 is 0.322 bits per heavy atom. The van der Waals surface area contributed by atoms with Crippen molar-refractivity contribution in [1.82, 2.24) is 21.3 Å². The standard InChI is InChI=1S/C76H68N4O7/c1-72(2,3)87-70(84)76(47-57-31-13-21-39-65(57)66-40-22-14-32-58(66)48-76)79-68(82)74(43-53-27-9-17-35-61(53)62-36-18-10-28-54(62)44-74)77-67(81)73(41-51-25-7-15-33-59(51)60-34-16-8-26-52(60)42-73)78-69(83)75(80-71(85)86-49-50-23-5-4-6-24-50)45-55-29-11-19-37-63(55)64-38-20-12-30-56(64)46-75/h4-40H,41-49H2,1-3H3,(H,77,81)(H,78,83)(H,79,82)(H,80,85). The average molecular weight is 1150 g/mol. The van der Waals surface area contributed by atoms with Crippen molar-refractivity contribution in [3.63, 3.8) is 0 Å². The van der Waals surface area contributed by atoms with Crippen molar-refractivity contribution in [3.8, 4) is 44.5 Å². The van der Waals surface area contributed by atoms with E-state index < -0.39 is 57.5 Å². The number of nitrogens with one attached hydrogen (secondary N) is 4. The first-order chi connectivity index (χ1) is 42.1. The fourth-order valence-electron chi connectivity index (χ4n) is 13.9. The van der Waals surface area contributed by atoms with Gasteiger partial charge in [-0.05, 0) is 115 Å². The molecule has 0 spiro atoms. The van der Waals surface area contributed by atoms with Crippen molar-refractivity contribution in [2.75, 3.05) is 0 Å². The quantitative estimate of drug-likeness (QED) is 0.0995. The number of ether oxygens (including phenoxy) is 2. The molecule has 0 saturated heterocycles. The van der Waals surface area contributed by atoms with E-state index in [4.69, 9.17) is 9.47 Å². The van der Waals surface area contributed by atoms with Gasteiger partial charge >= 0.3 is 12.1 Å². The van der Waals surface area contributed by atoms with Crippen molar-refractivity contribution in [1.29, 1.82) is 0 Å². The second kappa shape index (κ2) is 22.5. The number of hydrogen-bond acceptors (Lipinski definition) is 7. The van der Waals surface area contributed by atoms with Crippen LogP contribution in [0.15, 0.2) is 224 Å². The predicted molar refractivity (Wildman–Crippen MR) is 338 cm³/mol. The highest BCUT2D eigenvalue weighted by Crippen LogP contribution is 2.43. The molecule has 4 amide bonds. The highest BCUT2D eigenvalue weighted by molar-refractivity contribution is 6.03. The fraction of sp³-hybridized carbons (Fsp3) is 0.224. The number of fused-ring (bicyclic) bond motifs is 12. The van der Waals surface area contributed by atoms with E-state index in [9.17, 15) is 4.79 Å². The van der Waals surface area contributed by atoms with Gasteiger partial charge in [-0.1, -0.05) is 224 Å². The molecule has 11 heteroatoms. The summed E-state index contributed by atoms with van der Waals surface area (Å²) in [4.78, 5) is 81.1. The van der Waals surface area contributed by atoms with Crippen LogP contribution in [-0.2, 0) is 86.6 Å². The molecule has 4 aliphatic carbocycles. The number of alkyl carbamates (subject to hydrolysis) is 1. The minimum atomic E-state index is -1.87. The third-order valence-electron chi connectivity index (χ3n) is 17.9. The lowest BCUT2D eigenvalue weighted by molar-refractivity contribution is -0.165. The molecule has 9 aromatic rings. The molecule has 87 heavy (non-hydrogen) atoms. The summed E-state index contributed by atoms with van der Waals surface area (Å²) in [6.07, 6.45) is -0.615. The van der Waals surface area contributed by atoms with Crippen LogP contribution in [0.5, 0.6) is 0 Å². The van der Waals surface area contributed by atoms with Crippen molar-refractivity contribution in [2.45, 2.75) is 107 Å². The molecule has 4 N–H and O–H groups in total. The summed E-state index contributed by atoms with van der Waals surface area (Å²) in [6.45, 7) is 5.39. The van der Waals surface area contributed by atoms with Crippen molar-refractivity contribution in [2.24, 2.45) is 0 Å². The zero-order chi connectivity index (χ0) is 60.0. The molecule has 0 fully saturated rings. The molecule has 0 unspecified atom stereocenters. The molecule has 0 aliphatic heterocycles. The van der Waals surface area contributed by atoms with Crippen LogP contribution in [0.3, 0.4) is 0 Å². The Labute approximate surface area is 507 Å². The summed E-state index contributed by atoms with van der Waals surface area (Å²) in [6, 6.07) is 72.6. The molecular weight excluding hydrogens is 1080 g/mol. The topological polar surface area (TPSA) is 152 Å². The highest BCUT2D eigenvalue weighted by Gasteiger charge is 2.55. The largest absolute Gasteiger partial charge is 0.458 e. The summed E-state index contributed by atoms with van der Waals surface area (Å²) in [5.41, 5.74) is 6.43. The second-order valence-corrected chi connectivity index (χ2v) is 25.1. The molecule has 4 aliphatic rings. The number of carbonyl (C=O) groups is 5. The lowest BCUT2D eigenvalue weighted by Gasteiger charge is -2.43. The smallest absolute Gasteiger partial charge is 0.408 e. The Bertz CT molecular complexity index is 3990. The molecule has 434 valence electrons. The van der Waals surface area contributed by atoms with Gasteiger partial charge in [0.15, 0.2) is 0 Å². The van der Waals surface area contributed by atoms with Gasteiger partial charge in [0, 0.05) is 51.4 Å². The monoisotopic (exact) mass is 1150 g/mol. The SMILES string of the molecule is CC(C)(C)OC(=O)C1(NC(=O)C2(NC(=O)C3(NC(=O)C4(NC(=O)OCc5ccccc5)Cc5ccccc5-c5ccccc5C4)Cc4ccccc4-c4ccccc4C3)Cc3ccccc3-c3ccccc3C2)Cc2ccccc2-c2ccccc2C1. The molecule has 13 rings (SSSR count). The van der Waals surface area contributed by atoms with Crippen LogP contribution < -0.4 is 21.3 Å². The highest BCUT2D eigenvalue weighted by atomic mass is 16.6. The molecular formula is C76H68N4O7. The van der Waals surface area contributed by atoms with Crippen LogP contribution in [0.1, 0.15) is 70.8 Å². The normalized spacial score (nSPS) is 16.0. The van der Waals surface area contributed by atoms with Gasteiger partial charge in [0.2, 0.25) is 17.7 Å². The third-order valence-corrected chi connectivity index (χ3v) is 17.9. The van der Waals surface area contributed by atoms with Crippen LogP contribution in [-0.4, -0.2) is 57.5 Å². The Morgan fingerprint density at radius 3 is 0.828 bits per heavy atom. The van der Waals surface area contributed by atoms with Crippen LogP contribution in [0.2, 0.25) is 0 Å². The van der Waals surface area contributed by atoms with Crippen LogP contribution >= 0.6 is 0 Å². The average Bonchev–Trinajstić information content (AvgIpc) is 1.72. The first kappa shape index (κ1) is 56.3. The molecule has 0 bridgehead atoms. The summed E-state index contributed by atoms with van der Waals surface area (Å²) < 4.78 is 12.4. The lowest BCUT2D eigenvalue weighted by atomic mass is 9.78. The maximum absolute atomic E-state index is 17.2. The number of carbonyl (C=O) groups excluding carboxylic acids is 5. The maximum Gasteiger partial charge on any atom is 0.408 e. The van der Waals surface area contributed by atoms with Gasteiger partial charge < -0.3 is 30.7 Å². The van der Waals surface area contributed by atoms with Crippen LogP contribution in [0.4, 0.5) is 4.79 Å². The van der Waals surface area contributed by atoms with Crippen molar-refractivity contribution < 1.29 is 33.4 Å². The first-order valence-electron chi connectivity index (χ1n) is 30.0. The molecule has 0 atom stereocenters. The molecule has 9 aromatic carbocycles. The fourth-order valence-corrected chi connectivity index (χ4v) is 13.9. The summed E-state index contributed by atoms with van der Waals surface area (Å²) in [5, 5.41) is 13.6. The number of hydrogen-bond donors (Lipinski definition) is 4. The molecule has 0 heterocycles. The van der Waals surface area contributed by atoms with E-state index in [1.54, 1.807) is 0 Å². The number of benzene rings is 9. The van der Waals surface area contributed by atoms with Gasteiger partial charge in [-0.25, -0.2) is 9.59 Å². The Balaban J connectivity index is 0.983. The zero-order valence-electron chi connectivity index (χ0n) is 49.1.